The zero-order valence-corrected chi connectivity index (χ0v) is 24.3. The van der Waals surface area contributed by atoms with Crippen LogP contribution in [0.4, 0.5) is 0 Å². The molecule has 1 atom stereocenters. The van der Waals surface area contributed by atoms with E-state index in [-0.39, 0.29) is 42.4 Å². The Morgan fingerprint density at radius 2 is 1.23 bits per heavy atom. The molecule has 0 unspecified atom stereocenters. The van der Waals surface area contributed by atoms with Gasteiger partial charge in [0.25, 0.3) is 0 Å². The molecule has 0 aliphatic carbocycles. The largest absolute Gasteiger partial charge is 0.493 e. The zero-order valence-electron chi connectivity index (χ0n) is 24.3. The number of ketones is 1. The monoisotopic (exact) mass is 588 g/mol. The van der Waals surface area contributed by atoms with E-state index >= 15 is 0 Å². The first-order valence-electron chi connectivity index (χ1n) is 14.3. The number of methoxy groups -OCH3 is 1. The average Bonchev–Trinajstić information content (AvgIpc) is 3.08. The van der Waals surface area contributed by atoms with E-state index in [0.29, 0.717) is 23.9 Å². The number of fused-ring (bicyclic) bond motifs is 1. The summed E-state index contributed by atoms with van der Waals surface area (Å²) in [7, 11) is 1.53. The molecule has 5 aromatic rings. The van der Waals surface area contributed by atoms with Crippen LogP contribution in [0.2, 0.25) is 0 Å². The van der Waals surface area contributed by atoms with Gasteiger partial charge in [-0.2, -0.15) is 0 Å². The number of hydrogen-bond donors (Lipinski definition) is 1. The van der Waals surface area contributed by atoms with Crippen molar-refractivity contribution in [3.63, 3.8) is 0 Å². The summed E-state index contributed by atoms with van der Waals surface area (Å²) in [5.41, 5.74) is 1.26. The van der Waals surface area contributed by atoms with E-state index in [2.05, 4.69) is 0 Å². The number of aliphatic hydroxyl groups is 1. The summed E-state index contributed by atoms with van der Waals surface area (Å²) in [6.07, 6.45) is 0. The summed E-state index contributed by atoms with van der Waals surface area (Å²) >= 11 is 0. The topological polar surface area (TPSA) is 83.5 Å². The van der Waals surface area contributed by atoms with Crippen LogP contribution in [0.25, 0.3) is 0 Å². The highest BCUT2D eigenvalue weighted by Crippen LogP contribution is 2.48. The van der Waals surface area contributed by atoms with Crippen LogP contribution in [0.15, 0.2) is 121 Å². The molecule has 6 rings (SSSR count). The summed E-state index contributed by atoms with van der Waals surface area (Å²) in [6.45, 7) is 0.441. The molecule has 0 bridgehead atoms. The van der Waals surface area contributed by atoms with Crippen LogP contribution in [0.3, 0.4) is 0 Å². The molecular formula is C37H32O7. The molecule has 0 aromatic heterocycles. The van der Waals surface area contributed by atoms with E-state index < -0.39 is 11.4 Å². The predicted octanol–water partition coefficient (Wildman–Crippen LogP) is 6.90. The highest BCUT2D eigenvalue weighted by molar-refractivity contribution is 6.06. The second kappa shape index (κ2) is 12.9. The van der Waals surface area contributed by atoms with Crippen molar-refractivity contribution < 1.29 is 33.6 Å². The lowest BCUT2D eigenvalue weighted by molar-refractivity contribution is -0.00701. The molecule has 1 heterocycles. The molecule has 7 nitrogen and oxygen atoms in total. The molecule has 0 amide bonds. The Labute approximate surface area is 256 Å². The average molecular weight is 589 g/mol. The number of hydrogen-bond acceptors (Lipinski definition) is 7. The molecule has 1 aliphatic rings. The summed E-state index contributed by atoms with van der Waals surface area (Å²) in [5.74, 6) is 1.26. The van der Waals surface area contributed by atoms with Crippen LogP contribution >= 0.6 is 0 Å². The lowest BCUT2D eigenvalue weighted by atomic mass is 9.83. The van der Waals surface area contributed by atoms with Gasteiger partial charge in [0.2, 0.25) is 11.5 Å². The molecular weight excluding hydrogens is 556 g/mol. The third-order valence-electron chi connectivity index (χ3n) is 7.45. The molecule has 0 spiro atoms. The van der Waals surface area contributed by atoms with Gasteiger partial charge >= 0.3 is 0 Å². The van der Waals surface area contributed by atoms with Crippen LogP contribution in [0.5, 0.6) is 28.7 Å². The highest BCUT2D eigenvalue weighted by Gasteiger charge is 2.47. The third-order valence-corrected chi connectivity index (χ3v) is 7.45. The van der Waals surface area contributed by atoms with Gasteiger partial charge in [-0.05, 0) is 41.0 Å². The van der Waals surface area contributed by atoms with Crippen molar-refractivity contribution in [2.45, 2.75) is 25.4 Å². The molecule has 7 heteroatoms. The molecule has 1 aliphatic heterocycles. The van der Waals surface area contributed by atoms with E-state index in [1.54, 1.807) is 30.3 Å². The van der Waals surface area contributed by atoms with E-state index in [9.17, 15) is 9.90 Å². The normalized spacial score (nSPS) is 15.5. The first-order valence-corrected chi connectivity index (χ1v) is 14.3. The Morgan fingerprint density at radius 1 is 0.682 bits per heavy atom. The molecule has 0 saturated carbocycles. The standard InChI is InChI=1S/C37H32O7/c1-40-32-20-19-31(34(42-23-27-13-7-3-8-14-27)35(32)43-24-28-15-9-4-10-16-28)37(39)25-44-33-21-29(17-18-30(33)36(37)38)41-22-26-11-5-2-6-12-26/h2-21,39H,22-25H2,1H3/t37-/m1/s1. The Bertz CT molecular complexity index is 1720. The summed E-state index contributed by atoms with van der Waals surface area (Å²) in [6, 6.07) is 37.3. The van der Waals surface area contributed by atoms with Crippen LogP contribution in [-0.2, 0) is 25.4 Å². The fourth-order valence-electron chi connectivity index (χ4n) is 5.08. The predicted molar refractivity (Wildman–Crippen MR) is 165 cm³/mol. The number of Topliss-reactive ketones (excluding diaryl/α,β-unsaturated/α-hetero) is 1. The van der Waals surface area contributed by atoms with Crippen molar-refractivity contribution in [2.75, 3.05) is 13.7 Å². The molecule has 1 N–H and O–H groups in total. The minimum absolute atomic E-state index is 0.173. The second-order valence-electron chi connectivity index (χ2n) is 10.4. The maximum absolute atomic E-state index is 14.0. The number of benzene rings is 5. The van der Waals surface area contributed by atoms with Crippen molar-refractivity contribution >= 4 is 5.78 Å². The van der Waals surface area contributed by atoms with Gasteiger partial charge in [-0.3, -0.25) is 4.79 Å². The smallest absolute Gasteiger partial charge is 0.206 e. The van der Waals surface area contributed by atoms with Gasteiger partial charge in [-0.1, -0.05) is 91.0 Å². The maximum atomic E-state index is 14.0. The number of carbonyl (C=O) groups is 1. The number of rotatable bonds is 11. The van der Waals surface area contributed by atoms with Gasteiger partial charge in [0.15, 0.2) is 17.1 Å². The van der Waals surface area contributed by atoms with Crippen molar-refractivity contribution in [1.82, 2.24) is 0 Å². The lowest BCUT2D eigenvalue weighted by Gasteiger charge is -2.34. The SMILES string of the molecule is COc1ccc([C@]2(O)COc3cc(OCc4ccccc4)ccc3C2=O)c(OCc2ccccc2)c1OCc1ccccc1. The quantitative estimate of drug-likeness (QED) is 0.180. The highest BCUT2D eigenvalue weighted by atomic mass is 16.5. The molecule has 44 heavy (non-hydrogen) atoms. The minimum atomic E-state index is -2.05. The molecule has 5 aromatic carbocycles. The van der Waals surface area contributed by atoms with E-state index in [4.69, 9.17) is 23.7 Å². The van der Waals surface area contributed by atoms with Crippen LogP contribution in [0.1, 0.15) is 32.6 Å². The Balaban J connectivity index is 1.33. The lowest BCUT2D eigenvalue weighted by Crippen LogP contribution is -2.45. The summed E-state index contributed by atoms with van der Waals surface area (Å²) in [4.78, 5) is 14.0. The Morgan fingerprint density at radius 3 is 1.80 bits per heavy atom. The van der Waals surface area contributed by atoms with E-state index in [0.717, 1.165) is 16.7 Å². The molecule has 0 fully saturated rings. The maximum Gasteiger partial charge on any atom is 0.206 e. The van der Waals surface area contributed by atoms with Crippen molar-refractivity contribution in [3.05, 3.63) is 149 Å². The molecule has 222 valence electrons. The zero-order chi connectivity index (χ0) is 30.4. The van der Waals surface area contributed by atoms with Crippen molar-refractivity contribution in [2.24, 2.45) is 0 Å². The van der Waals surface area contributed by atoms with Gasteiger partial charge in [-0.25, -0.2) is 0 Å². The molecule has 0 radical (unpaired) electrons. The first-order chi connectivity index (χ1) is 21.5. The Hall–Kier alpha value is -5.27. The van der Waals surface area contributed by atoms with Gasteiger partial charge < -0.3 is 28.8 Å². The van der Waals surface area contributed by atoms with Crippen LogP contribution in [-0.4, -0.2) is 24.6 Å². The van der Waals surface area contributed by atoms with E-state index in [1.165, 1.54) is 7.11 Å². The molecule has 0 saturated heterocycles. The van der Waals surface area contributed by atoms with Crippen LogP contribution in [0, 0.1) is 0 Å². The van der Waals surface area contributed by atoms with E-state index in [1.807, 2.05) is 91.0 Å². The third kappa shape index (κ3) is 6.09. The minimum Gasteiger partial charge on any atom is -0.493 e. The van der Waals surface area contributed by atoms with Crippen LogP contribution < -0.4 is 23.7 Å². The number of ether oxygens (including phenoxy) is 5. The summed E-state index contributed by atoms with van der Waals surface area (Å²) in [5, 5.41) is 12.0. The second-order valence-corrected chi connectivity index (χ2v) is 10.4. The number of carbonyl (C=O) groups excluding carboxylic acids is 1. The van der Waals surface area contributed by atoms with Gasteiger partial charge in [0, 0.05) is 11.6 Å². The van der Waals surface area contributed by atoms with Gasteiger partial charge in [-0.15, -0.1) is 0 Å². The summed E-state index contributed by atoms with van der Waals surface area (Å²) < 4.78 is 30.2. The fourth-order valence-corrected chi connectivity index (χ4v) is 5.08. The Kier molecular flexibility index (Phi) is 8.48. The fraction of sp³-hybridized carbons (Fsp3) is 0.162. The van der Waals surface area contributed by atoms with Gasteiger partial charge in [0.05, 0.1) is 12.7 Å². The first kappa shape index (κ1) is 28.8. The van der Waals surface area contributed by atoms with Gasteiger partial charge in [0.1, 0.15) is 37.9 Å². The van der Waals surface area contributed by atoms with Crippen molar-refractivity contribution in [3.8, 4) is 28.7 Å². The van der Waals surface area contributed by atoms with Crippen molar-refractivity contribution in [1.29, 1.82) is 0 Å².